The first-order valence-electron chi connectivity index (χ1n) is 8.34. The van der Waals surface area contributed by atoms with Gasteiger partial charge in [0.15, 0.2) is 18.8 Å². The molecule has 0 bridgehead atoms. The van der Waals surface area contributed by atoms with E-state index in [0.717, 1.165) is 31.8 Å². The average Bonchev–Trinajstić information content (AvgIpc) is 3.11. The normalized spacial score (nSPS) is 27.0. The molecule has 4 rings (SSSR count). The van der Waals surface area contributed by atoms with Gasteiger partial charge in [0.1, 0.15) is 11.2 Å². The molecule has 2 aromatic carbocycles. The van der Waals surface area contributed by atoms with Gasteiger partial charge in [0, 0.05) is 24.7 Å². The van der Waals surface area contributed by atoms with Crippen LogP contribution in [0.3, 0.4) is 0 Å². The number of anilines is 1. The molecule has 116 valence electrons. The molecular weight excluding hydrogens is 284 g/mol. The van der Waals surface area contributed by atoms with E-state index >= 15 is 0 Å². The minimum absolute atomic E-state index is 0.157. The molecule has 1 heterocycles. The van der Waals surface area contributed by atoms with Crippen molar-refractivity contribution in [3.63, 3.8) is 0 Å². The van der Waals surface area contributed by atoms with Gasteiger partial charge in [-0.1, -0.05) is 30.3 Å². The van der Waals surface area contributed by atoms with Crippen molar-refractivity contribution in [2.24, 2.45) is 0 Å². The maximum atomic E-state index is 6.23. The Hall–Kier alpha value is -2.03. The van der Waals surface area contributed by atoms with Gasteiger partial charge in [-0.2, -0.15) is 0 Å². The van der Waals surface area contributed by atoms with E-state index in [2.05, 4.69) is 68.9 Å². The summed E-state index contributed by atoms with van der Waals surface area (Å²) in [7, 11) is 3.13. The molecule has 2 aliphatic rings. The Labute approximate surface area is 139 Å². The van der Waals surface area contributed by atoms with Gasteiger partial charge in [-0.15, -0.1) is 0 Å². The highest BCUT2D eigenvalue weighted by Crippen LogP contribution is 2.58. The molecule has 2 unspecified atom stereocenters. The molecule has 2 aromatic rings. The minimum atomic E-state index is -0.172. The Bertz CT molecular complexity index is 739. The van der Waals surface area contributed by atoms with Crippen molar-refractivity contribution in [1.29, 1.82) is 0 Å². The van der Waals surface area contributed by atoms with Crippen LogP contribution in [0.2, 0.25) is 0 Å². The van der Waals surface area contributed by atoms with E-state index in [4.69, 9.17) is 9.47 Å². The van der Waals surface area contributed by atoms with Crippen molar-refractivity contribution in [3.05, 3.63) is 54.1 Å². The molecule has 3 nitrogen and oxygen atoms in total. The third-order valence-electron chi connectivity index (χ3n) is 5.23. The summed E-state index contributed by atoms with van der Waals surface area (Å²) in [6, 6.07) is 16.8. The van der Waals surface area contributed by atoms with Gasteiger partial charge in [-0.05, 0) is 31.5 Å². The van der Waals surface area contributed by atoms with Gasteiger partial charge in [-0.25, -0.2) is 0 Å². The number of fused-ring (bicyclic) bond motifs is 2. The lowest BCUT2D eigenvalue weighted by Crippen LogP contribution is -2.35. The molecule has 0 aromatic heterocycles. The summed E-state index contributed by atoms with van der Waals surface area (Å²) in [6.45, 7) is 5.15. The zero-order chi connectivity index (χ0) is 16.1. The van der Waals surface area contributed by atoms with E-state index in [1.807, 2.05) is 6.07 Å². The largest absolute Gasteiger partial charge is 0.479 e. The summed E-state index contributed by atoms with van der Waals surface area (Å²) < 4.78 is 12.4. The minimum Gasteiger partial charge on any atom is -0.479 e. The van der Waals surface area contributed by atoms with E-state index < -0.39 is 0 Å². The summed E-state index contributed by atoms with van der Waals surface area (Å²) >= 11 is 0. The first-order valence-corrected chi connectivity index (χ1v) is 8.34. The summed E-state index contributed by atoms with van der Waals surface area (Å²) in [4.78, 5) is 2.35. The summed E-state index contributed by atoms with van der Waals surface area (Å²) in [5.41, 5.74) is 2.16. The first kappa shape index (κ1) is 14.6. The summed E-state index contributed by atoms with van der Waals surface area (Å²) in [5.74, 6) is 1.73. The fourth-order valence-electron chi connectivity index (χ4n) is 3.42. The van der Waals surface area contributed by atoms with Gasteiger partial charge >= 0.3 is 0 Å². The monoisotopic (exact) mass is 305 g/mol. The molecule has 2 atom stereocenters. The second-order valence-electron chi connectivity index (χ2n) is 6.97. The van der Waals surface area contributed by atoms with E-state index in [1.54, 1.807) is 0 Å². The fourth-order valence-corrected chi connectivity index (χ4v) is 3.42. The SMILES string of the molecule is BBN(Cc1ccccc1)c1ccc2c(c1)OC1(C)CC1(C)O2. The fraction of sp³-hybridized carbons (Fsp3) is 0.333. The maximum Gasteiger partial charge on any atom is 0.192 e. The standard InChI is InChI=1S/C18H21B2NO2/c1-17-12-18(17,2)23-16-10-14(8-9-15(16)22-17)21(20-19)11-13-6-4-3-5-7-13/h3-10,20H,11-12,19H2,1-2H3. The Morgan fingerprint density at radius 1 is 1.04 bits per heavy atom. The van der Waals surface area contributed by atoms with E-state index in [-0.39, 0.29) is 11.2 Å². The predicted molar refractivity (Wildman–Crippen MR) is 97.4 cm³/mol. The Morgan fingerprint density at radius 3 is 2.43 bits per heavy atom. The number of hydrogen-bond donors (Lipinski definition) is 0. The molecule has 1 saturated carbocycles. The smallest absolute Gasteiger partial charge is 0.192 e. The third kappa shape index (κ3) is 2.39. The average molecular weight is 305 g/mol. The maximum absolute atomic E-state index is 6.23. The van der Waals surface area contributed by atoms with Crippen LogP contribution in [0.15, 0.2) is 48.5 Å². The van der Waals surface area contributed by atoms with Gasteiger partial charge < -0.3 is 14.3 Å². The van der Waals surface area contributed by atoms with Crippen LogP contribution < -0.4 is 14.3 Å². The number of ether oxygens (including phenoxy) is 2. The topological polar surface area (TPSA) is 21.7 Å². The van der Waals surface area contributed by atoms with Crippen LogP contribution in [-0.4, -0.2) is 26.2 Å². The van der Waals surface area contributed by atoms with Crippen molar-refractivity contribution in [2.45, 2.75) is 38.0 Å². The van der Waals surface area contributed by atoms with Crippen molar-refractivity contribution in [1.82, 2.24) is 0 Å². The van der Waals surface area contributed by atoms with Crippen LogP contribution in [0, 0.1) is 0 Å². The molecular formula is C18H21B2NO2. The van der Waals surface area contributed by atoms with Gasteiger partial charge in [0.2, 0.25) is 0 Å². The summed E-state index contributed by atoms with van der Waals surface area (Å²) in [6.07, 6.45) is 0.950. The highest BCUT2D eigenvalue weighted by molar-refractivity contribution is 6.91. The van der Waals surface area contributed by atoms with Gasteiger partial charge in [0.05, 0.1) is 7.74 Å². The van der Waals surface area contributed by atoms with Crippen LogP contribution in [0.5, 0.6) is 11.5 Å². The van der Waals surface area contributed by atoms with Gasteiger partial charge in [0.25, 0.3) is 0 Å². The number of nitrogens with zero attached hydrogens (tertiary/aromatic N) is 1. The molecule has 5 heteroatoms. The van der Waals surface area contributed by atoms with Gasteiger partial charge in [-0.3, -0.25) is 0 Å². The van der Waals surface area contributed by atoms with Crippen LogP contribution in [0.1, 0.15) is 25.8 Å². The molecule has 0 amide bonds. The molecule has 1 fully saturated rings. The van der Waals surface area contributed by atoms with Crippen molar-refractivity contribution in [2.75, 3.05) is 4.81 Å². The first-order chi connectivity index (χ1) is 11.0. The van der Waals surface area contributed by atoms with Crippen LogP contribution in [-0.2, 0) is 6.54 Å². The molecule has 1 aliphatic carbocycles. The lowest BCUT2D eigenvalue weighted by molar-refractivity contribution is 0.0430. The number of hydrogen-bond acceptors (Lipinski definition) is 3. The molecule has 0 N–H and O–H groups in total. The second-order valence-corrected chi connectivity index (χ2v) is 6.97. The molecule has 0 spiro atoms. The Kier molecular flexibility index (Phi) is 3.15. The van der Waals surface area contributed by atoms with Crippen molar-refractivity contribution < 1.29 is 9.47 Å². The zero-order valence-corrected chi connectivity index (χ0v) is 14.0. The number of benzene rings is 2. The van der Waals surface area contributed by atoms with E-state index in [0.29, 0.717) is 0 Å². The quantitative estimate of drug-likeness (QED) is 0.809. The Morgan fingerprint density at radius 2 is 1.74 bits per heavy atom. The van der Waals surface area contributed by atoms with Crippen molar-refractivity contribution in [3.8, 4) is 11.5 Å². The van der Waals surface area contributed by atoms with Crippen LogP contribution >= 0.6 is 0 Å². The highest BCUT2D eigenvalue weighted by atomic mass is 16.6. The zero-order valence-electron chi connectivity index (χ0n) is 14.0. The Balaban J connectivity index is 1.60. The van der Waals surface area contributed by atoms with Crippen molar-refractivity contribution >= 4 is 20.7 Å². The lowest BCUT2D eigenvalue weighted by Gasteiger charge is -2.31. The predicted octanol–water partition coefficient (Wildman–Crippen LogP) is 2.29. The van der Waals surface area contributed by atoms with E-state index in [9.17, 15) is 0 Å². The molecule has 0 radical (unpaired) electrons. The van der Waals surface area contributed by atoms with E-state index in [1.165, 1.54) is 11.3 Å². The lowest BCUT2D eigenvalue weighted by atomic mass is 9.64. The number of rotatable bonds is 4. The molecule has 1 aliphatic heterocycles. The molecule has 23 heavy (non-hydrogen) atoms. The highest BCUT2D eigenvalue weighted by Gasteiger charge is 2.69. The van der Waals surface area contributed by atoms with Crippen LogP contribution in [0.25, 0.3) is 0 Å². The molecule has 0 saturated heterocycles. The second kappa shape index (κ2) is 4.98. The van der Waals surface area contributed by atoms with Crippen LogP contribution in [0.4, 0.5) is 5.69 Å². The third-order valence-corrected chi connectivity index (χ3v) is 5.23. The summed E-state index contributed by atoms with van der Waals surface area (Å²) in [5, 5.41) is 0.